The zero-order valence-electron chi connectivity index (χ0n) is 23.4. The summed E-state index contributed by atoms with van der Waals surface area (Å²) in [7, 11) is -3.78. The predicted molar refractivity (Wildman–Crippen MR) is 157 cm³/mol. The number of carbonyl (C=O) groups excluding carboxylic acids is 2. The monoisotopic (exact) mass is 549 g/mol. The average Bonchev–Trinajstić information content (AvgIpc) is 2.89. The summed E-state index contributed by atoms with van der Waals surface area (Å²) in [6.07, 6.45) is 2.12. The molecular formula is C31H39N3O4S. The van der Waals surface area contributed by atoms with Crippen LogP contribution in [0, 0.1) is 13.8 Å². The zero-order chi connectivity index (χ0) is 28.6. The lowest BCUT2D eigenvalue weighted by Crippen LogP contribution is -2.54. The summed E-state index contributed by atoms with van der Waals surface area (Å²) >= 11 is 0. The number of hydrogen-bond donors (Lipinski definition) is 1. The van der Waals surface area contributed by atoms with Crippen molar-refractivity contribution in [2.45, 2.75) is 59.2 Å². The number of amides is 2. The van der Waals surface area contributed by atoms with Gasteiger partial charge in [0.1, 0.15) is 12.6 Å². The predicted octanol–water partition coefficient (Wildman–Crippen LogP) is 4.62. The molecule has 3 rings (SSSR count). The molecule has 0 aliphatic rings. The summed E-state index contributed by atoms with van der Waals surface area (Å²) in [5.74, 6) is -0.724. The van der Waals surface area contributed by atoms with Crippen LogP contribution in [0.1, 0.15) is 42.5 Å². The molecule has 0 fully saturated rings. The minimum absolute atomic E-state index is 0.0771. The largest absolute Gasteiger partial charge is 0.352 e. The van der Waals surface area contributed by atoms with Gasteiger partial charge in [0.25, 0.3) is 0 Å². The van der Waals surface area contributed by atoms with Gasteiger partial charge in [-0.2, -0.15) is 0 Å². The van der Waals surface area contributed by atoms with E-state index in [0.717, 1.165) is 39.2 Å². The lowest BCUT2D eigenvalue weighted by molar-refractivity contribution is -0.140. The third-order valence-corrected chi connectivity index (χ3v) is 7.85. The van der Waals surface area contributed by atoms with Crippen molar-refractivity contribution >= 4 is 27.5 Å². The maximum absolute atomic E-state index is 14.1. The molecule has 3 aromatic carbocycles. The minimum atomic E-state index is -3.78. The number of hydrogen-bond acceptors (Lipinski definition) is 4. The van der Waals surface area contributed by atoms with Gasteiger partial charge in [0.15, 0.2) is 0 Å². The minimum Gasteiger partial charge on any atom is -0.352 e. The summed E-state index contributed by atoms with van der Waals surface area (Å²) in [5.41, 5.74) is 4.17. The van der Waals surface area contributed by atoms with E-state index in [9.17, 15) is 18.0 Å². The number of rotatable bonds is 12. The van der Waals surface area contributed by atoms with Crippen LogP contribution in [0.25, 0.3) is 0 Å². The topological polar surface area (TPSA) is 86.8 Å². The maximum atomic E-state index is 14.1. The van der Waals surface area contributed by atoms with E-state index in [1.807, 2.05) is 82.3 Å². The summed E-state index contributed by atoms with van der Waals surface area (Å²) in [5, 5.41) is 3.04. The average molecular weight is 550 g/mol. The number of sulfonamides is 1. The van der Waals surface area contributed by atoms with Gasteiger partial charge in [0.05, 0.1) is 11.9 Å². The Kier molecular flexibility index (Phi) is 10.3. The van der Waals surface area contributed by atoms with E-state index < -0.39 is 28.5 Å². The molecule has 0 saturated carbocycles. The SMILES string of the molecule is CC[C@H](C)NC(=O)[C@@H](Cc1ccccc1)N(Cc1cccc(C)c1)C(=O)CN(c1ccc(C)cc1)S(C)(=O)=O. The van der Waals surface area contributed by atoms with E-state index in [1.54, 1.807) is 24.3 Å². The second kappa shape index (κ2) is 13.4. The number of carbonyl (C=O) groups is 2. The van der Waals surface area contributed by atoms with E-state index in [1.165, 1.54) is 4.90 Å². The first-order valence-electron chi connectivity index (χ1n) is 13.2. The summed E-state index contributed by atoms with van der Waals surface area (Å²) in [4.78, 5) is 29.3. The van der Waals surface area contributed by atoms with E-state index in [-0.39, 0.29) is 18.5 Å². The fourth-order valence-corrected chi connectivity index (χ4v) is 5.18. The lowest BCUT2D eigenvalue weighted by atomic mass is 10.0. The Balaban J connectivity index is 2.05. The molecular weight excluding hydrogens is 510 g/mol. The van der Waals surface area contributed by atoms with Crippen molar-refractivity contribution in [1.29, 1.82) is 0 Å². The Bertz CT molecular complexity index is 1360. The van der Waals surface area contributed by atoms with Crippen molar-refractivity contribution in [1.82, 2.24) is 10.2 Å². The summed E-state index contributed by atoms with van der Waals surface area (Å²) in [6.45, 7) is 7.53. The molecule has 0 saturated heterocycles. The Labute approximate surface area is 232 Å². The van der Waals surface area contributed by atoms with Crippen molar-refractivity contribution in [2.75, 3.05) is 17.1 Å². The second-order valence-corrected chi connectivity index (χ2v) is 12.0. The molecule has 2 amide bonds. The molecule has 0 radical (unpaired) electrons. The van der Waals surface area contributed by atoms with Gasteiger partial charge in [-0.25, -0.2) is 8.42 Å². The van der Waals surface area contributed by atoms with E-state index in [0.29, 0.717) is 12.1 Å². The summed E-state index contributed by atoms with van der Waals surface area (Å²) < 4.78 is 26.8. The van der Waals surface area contributed by atoms with Crippen LogP contribution in [-0.4, -0.2) is 50.0 Å². The second-order valence-electron chi connectivity index (χ2n) is 10.1. The molecule has 2 atom stereocenters. The standard InChI is InChI=1S/C31H39N3O4S/c1-6-25(4)32-31(36)29(20-26-12-8-7-9-13-26)33(21-27-14-10-11-24(3)19-27)30(35)22-34(39(5,37)38)28-17-15-23(2)16-18-28/h7-19,25,29H,6,20-22H2,1-5H3,(H,32,36)/t25-,29+/m0/s1. The smallest absolute Gasteiger partial charge is 0.244 e. The normalized spacial score (nSPS) is 12.8. The van der Waals surface area contributed by atoms with Crippen LogP contribution < -0.4 is 9.62 Å². The van der Waals surface area contributed by atoms with E-state index in [4.69, 9.17) is 0 Å². The summed E-state index contributed by atoms with van der Waals surface area (Å²) in [6, 6.07) is 23.4. The van der Waals surface area contributed by atoms with Gasteiger partial charge in [0, 0.05) is 19.0 Å². The first kappa shape index (κ1) is 29.9. The van der Waals surface area contributed by atoms with Crippen LogP contribution in [0.3, 0.4) is 0 Å². The number of anilines is 1. The number of nitrogens with zero attached hydrogens (tertiary/aromatic N) is 2. The Morgan fingerprint density at radius 1 is 0.872 bits per heavy atom. The third-order valence-electron chi connectivity index (χ3n) is 6.71. The molecule has 39 heavy (non-hydrogen) atoms. The van der Waals surface area contributed by atoms with Crippen LogP contribution in [0.2, 0.25) is 0 Å². The van der Waals surface area contributed by atoms with E-state index >= 15 is 0 Å². The highest BCUT2D eigenvalue weighted by atomic mass is 32.2. The first-order chi connectivity index (χ1) is 18.5. The molecule has 0 heterocycles. The molecule has 3 aromatic rings. The van der Waals surface area contributed by atoms with Crippen LogP contribution in [0.15, 0.2) is 78.9 Å². The fourth-order valence-electron chi connectivity index (χ4n) is 4.33. The molecule has 0 spiro atoms. The molecule has 208 valence electrons. The van der Waals surface area contributed by atoms with Gasteiger partial charge in [-0.15, -0.1) is 0 Å². The molecule has 0 unspecified atom stereocenters. The lowest BCUT2D eigenvalue weighted by Gasteiger charge is -2.34. The highest BCUT2D eigenvalue weighted by molar-refractivity contribution is 7.92. The van der Waals surface area contributed by atoms with Crippen molar-refractivity contribution in [3.8, 4) is 0 Å². The molecule has 8 heteroatoms. The molecule has 0 aromatic heterocycles. The molecule has 7 nitrogen and oxygen atoms in total. The Morgan fingerprint density at radius 3 is 2.10 bits per heavy atom. The van der Waals surface area contributed by atoms with Crippen molar-refractivity contribution in [3.63, 3.8) is 0 Å². The van der Waals surface area contributed by atoms with Crippen LogP contribution in [0.4, 0.5) is 5.69 Å². The third kappa shape index (κ3) is 8.68. The van der Waals surface area contributed by atoms with Crippen LogP contribution in [-0.2, 0) is 32.6 Å². The molecule has 0 bridgehead atoms. The highest BCUT2D eigenvalue weighted by Crippen LogP contribution is 2.21. The van der Waals surface area contributed by atoms with Gasteiger partial charge in [-0.1, -0.05) is 84.8 Å². The quantitative estimate of drug-likeness (QED) is 0.357. The van der Waals surface area contributed by atoms with Crippen molar-refractivity contribution in [3.05, 3.63) is 101 Å². The van der Waals surface area contributed by atoms with Crippen molar-refractivity contribution < 1.29 is 18.0 Å². The van der Waals surface area contributed by atoms with E-state index in [2.05, 4.69) is 5.32 Å². The number of aryl methyl sites for hydroxylation is 2. The molecule has 0 aliphatic heterocycles. The molecule has 1 N–H and O–H groups in total. The van der Waals surface area contributed by atoms with Crippen LogP contribution in [0.5, 0.6) is 0 Å². The number of nitrogens with one attached hydrogen (secondary N) is 1. The number of benzene rings is 3. The first-order valence-corrected chi connectivity index (χ1v) is 15.1. The van der Waals surface area contributed by atoms with Crippen molar-refractivity contribution in [2.24, 2.45) is 0 Å². The molecule has 0 aliphatic carbocycles. The Morgan fingerprint density at radius 2 is 1.51 bits per heavy atom. The van der Waals surface area contributed by atoms with Gasteiger partial charge in [0.2, 0.25) is 21.8 Å². The zero-order valence-corrected chi connectivity index (χ0v) is 24.2. The maximum Gasteiger partial charge on any atom is 0.244 e. The van der Waals surface area contributed by atoms with Gasteiger partial charge in [-0.05, 0) is 50.5 Å². The Hall–Kier alpha value is -3.65. The fraction of sp³-hybridized carbons (Fsp3) is 0.355. The van der Waals surface area contributed by atoms with Gasteiger partial charge < -0.3 is 10.2 Å². The van der Waals surface area contributed by atoms with Gasteiger partial charge >= 0.3 is 0 Å². The van der Waals surface area contributed by atoms with Crippen LogP contribution >= 0.6 is 0 Å². The van der Waals surface area contributed by atoms with Gasteiger partial charge in [-0.3, -0.25) is 13.9 Å². The highest BCUT2D eigenvalue weighted by Gasteiger charge is 2.33.